The first-order valence-electron chi connectivity index (χ1n) is 5.64. The zero-order valence-corrected chi connectivity index (χ0v) is 10.8. The Morgan fingerprint density at radius 2 is 1.69 bits per heavy atom. The molecule has 0 aromatic heterocycles. The van der Waals surface area contributed by atoms with Crippen molar-refractivity contribution >= 4 is 5.78 Å². The number of ketones is 1. The SMILES string of the molecule is CNC(C)(C)C(=O)Cc1cc(C)cc(C)c1. The van der Waals surface area contributed by atoms with Crippen LogP contribution in [0, 0.1) is 13.8 Å². The van der Waals surface area contributed by atoms with Gasteiger partial charge >= 0.3 is 0 Å². The van der Waals surface area contributed by atoms with E-state index in [1.165, 1.54) is 11.1 Å². The van der Waals surface area contributed by atoms with Crippen LogP contribution in [0.2, 0.25) is 0 Å². The molecular weight excluding hydrogens is 198 g/mol. The van der Waals surface area contributed by atoms with E-state index < -0.39 is 5.54 Å². The minimum Gasteiger partial charge on any atom is -0.308 e. The molecule has 0 saturated heterocycles. The van der Waals surface area contributed by atoms with Crippen LogP contribution in [-0.2, 0) is 11.2 Å². The number of hydrogen-bond donors (Lipinski definition) is 1. The molecule has 1 N–H and O–H groups in total. The van der Waals surface area contributed by atoms with Crippen LogP contribution in [0.5, 0.6) is 0 Å². The largest absolute Gasteiger partial charge is 0.308 e. The maximum absolute atomic E-state index is 12.0. The van der Waals surface area contributed by atoms with Crippen molar-refractivity contribution in [1.82, 2.24) is 5.32 Å². The Hall–Kier alpha value is -1.15. The number of rotatable bonds is 4. The third-order valence-corrected chi connectivity index (χ3v) is 2.97. The molecule has 1 rings (SSSR count). The van der Waals surface area contributed by atoms with Gasteiger partial charge in [-0.1, -0.05) is 29.3 Å². The molecule has 0 saturated carbocycles. The van der Waals surface area contributed by atoms with E-state index in [0.29, 0.717) is 6.42 Å². The van der Waals surface area contributed by atoms with Crippen LogP contribution in [0.25, 0.3) is 0 Å². The van der Waals surface area contributed by atoms with E-state index in [1.54, 1.807) is 0 Å². The smallest absolute Gasteiger partial charge is 0.156 e. The molecule has 0 aliphatic heterocycles. The predicted octanol–water partition coefficient (Wildman–Crippen LogP) is 2.41. The van der Waals surface area contributed by atoms with Gasteiger partial charge in [-0.2, -0.15) is 0 Å². The summed E-state index contributed by atoms with van der Waals surface area (Å²) in [5.41, 5.74) is 3.08. The molecule has 0 aliphatic rings. The first-order valence-corrected chi connectivity index (χ1v) is 5.64. The lowest BCUT2D eigenvalue weighted by molar-refractivity contribution is -0.123. The van der Waals surface area contributed by atoms with Crippen LogP contribution >= 0.6 is 0 Å². The van der Waals surface area contributed by atoms with Crippen molar-refractivity contribution in [2.45, 2.75) is 39.7 Å². The van der Waals surface area contributed by atoms with Crippen LogP contribution in [0.1, 0.15) is 30.5 Å². The summed E-state index contributed by atoms with van der Waals surface area (Å²) in [7, 11) is 1.82. The molecule has 0 amide bonds. The molecule has 88 valence electrons. The van der Waals surface area contributed by atoms with E-state index in [-0.39, 0.29) is 5.78 Å². The Bertz CT molecular complexity index is 373. The molecule has 1 aromatic carbocycles. The van der Waals surface area contributed by atoms with E-state index in [2.05, 4.69) is 37.4 Å². The van der Waals surface area contributed by atoms with Crippen molar-refractivity contribution in [3.8, 4) is 0 Å². The fraction of sp³-hybridized carbons (Fsp3) is 0.500. The minimum absolute atomic E-state index is 0.222. The first kappa shape index (κ1) is 12.9. The molecule has 2 nitrogen and oxygen atoms in total. The number of Topliss-reactive ketones (excluding diaryl/α,β-unsaturated/α-hetero) is 1. The minimum atomic E-state index is -0.447. The number of hydrogen-bond acceptors (Lipinski definition) is 2. The van der Waals surface area contributed by atoms with Gasteiger partial charge in [0.2, 0.25) is 0 Å². The van der Waals surface area contributed by atoms with Gasteiger partial charge in [0.25, 0.3) is 0 Å². The van der Waals surface area contributed by atoms with Crippen molar-refractivity contribution < 1.29 is 4.79 Å². The molecule has 0 spiro atoms. The van der Waals surface area contributed by atoms with Crippen LogP contribution in [-0.4, -0.2) is 18.4 Å². The Morgan fingerprint density at radius 1 is 1.19 bits per heavy atom. The molecule has 0 aliphatic carbocycles. The summed E-state index contributed by atoms with van der Waals surface area (Å²) in [6.45, 7) is 7.95. The van der Waals surface area contributed by atoms with Gasteiger partial charge in [0, 0.05) is 6.42 Å². The fourth-order valence-electron chi connectivity index (χ4n) is 1.72. The quantitative estimate of drug-likeness (QED) is 0.842. The van der Waals surface area contributed by atoms with Crippen LogP contribution < -0.4 is 5.32 Å². The van der Waals surface area contributed by atoms with E-state index in [9.17, 15) is 4.79 Å². The maximum Gasteiger partial charge on any atom is 0.156 e. The lowest BCUT2D eigenvalue weighted by Crippen LogP contribution is -2.45. The highest BCUT2D eigenvalue weighted by atomic mass is 16.1. The van der Waals surface area contributed by atoms with Gasteiger partial charge < -0.3 is 5.32 Å². The second kappa shape index (κ2) is 4.79. The molecule has 1 aromatic rings. The topological polar surface area (TPSA) is 29.1 Å². The van der Waals surface area contributed by atoms with E-state index >= 15 is 0 Å². The van der Waals surface area contributed by atoms with Crippen molar-refractivity contribution in [2.24, 2.45) is 0 Å². The maximum atomic E-state index is 12.0. The lowest BCUT2D eigenvalue weighted by atomic mass is 9.93. The molecule has 0 unspecified atom stereocenters. The molecular formula is C14H21NO. The standard InChI is InChI=1S/C14H21NO/c1-10-6-11(2)8-12(7-10)9-13(16)14(3,4)15-5/h6-8,15H,9H2,1-5H3. The zero-order chi connectivity index (χ0) is 12.3. The van der Waals surface area contributed by atoms with Crippen molar-refractivity contribution in [1.29, 1.82) is 0 Å². The third-order valence-electron chi connectivity index (χ3n) is 2.97. The number of nitrogens with one attached hydrogen (secondary N) is 1. The molecule has 0 atom stereocenters. The van der Waals surface area contributed by atoms with Gasteiger partial charge in [0.1, 0.15) is 0 Å². The molecule has 0 heterocycles. The Labute approximate surface area is 98.1 Å². The van der Waals surface area contributed by atoms with Gasteiger partial charge in [-0.3, -0.25) is 4.79 Å². The van der Waals surface area contributed by atoms with Gasteiger partial charge in [-0.25, -0.2) is 0 Å². The zero-order valence-electron chi connectivity index (χ0n) is 10.8. The van der Waals surface area contributed by atoms with E-state index in [1.807, 2.05) is 20.9 Å². The first-order chi connectivity index (χ1) is 7.35. The second-order valence-corrected chi connectivity index (χ2v) is 4.97. The van der Waals surface area contributed by atoms with Crippen LogP contribution in [0.15, 0.2) is 18.2 Å². The van der Waals surface area contributed by atoms with Crippen molar-refractivity contribution in [2.75, 3.05) is 7.05 Å². The summed E-state index contributed by atoms with van der Waals surface area (Å²) in [5.74, 6) is 0.222. The number of benzene rings is 1. The molecule has 0 radical (unpaired) electrons. The number of aryl methyl sites for hydroxylation is 2. The number of carbonyl (C=O) groups is 1. The Balaban J connectivity index is 2.85. The molecule has 0 fully saturated rings. The van der Waals surface area contributed by atoms with Gasteiger partial charge in [0.15, 0.2) is 5.78 Å². The third kappa shape index (κ3) is 3.17. The highest BCUT2D eigenvalue weighted by molar-refractivity contribution is 5.89. The Kier molecular flexibility index (Phi) is 3.87. The summed E-state index contributed by atoms with van der Waals surface area (Å²) in [5, 5.41) is 3.04. The van der Waals surface area contributed by atoms with E-state index in [4.69, 9.17) is 0 Å². The van der Waals surface area contributed by atoms with Gasteiger partial charge in [-0.05, 0) is 40.3 Å². The van der Waals surface area contributed by atoms with E-state index in [0.717, 1.165) is 5.56 Å². The summed E-state index contributed by atoms with van der Waals surface area (Å²) in [6, 6.07) is 6.28. The highest BCUT2D eigenvalue weighted by Crippen LogP contribution is 2.13. The fourth-order valence-corrected chi connectivity index (χ4v) is 1.72. The summed E-state index contributed by atoms with van der Waals surface area (Å²) in [4.78, 5) is 12.0. The number of carbonyl (C=O) groups excluding carboxylic acids is 1. The highest BCUT2D eigenvalue weighted by Gasteiger charge is 2.24. The van der Waals surface area contributed by atoms with Gasteiger partial charge in [-0.15, -0.1) is 0 Å². The number of likely N-dealkylation sites (N-methyl/N-ethyl adjacent to an activating group) is 1. The summed E-state index contributed by atoms with van der Waals surface area (Å²) in [6.07, 6.45) is 0.496. The second-order valence-electron chi connectivity index (χ2n) is 4.97. The summed E-state index contributed by atoms with van der Waals surface area (Å²) >= 11 is 0. The van der Waals surface area contributed by atoms with Crippen LogP contribution in [0.4, 0.5) is 0 Å². The lowest BCUT2D eigenvalue weighted by Gasteiger charge is -2.22. The van der Waals surface area contributed by atoms with Crippen molar-refractivity contribution in [3.63, 3.8) is 0 Å². The molecule has 2 heteroatoms. The average molecular weight is 219 g/mol. The average Bonchev–Trinajstić information content (AvgIpc) is 2.15. The predicted molar refractivity (Wildman–Crippen MR) is 67.8 cm³/mol. The van der Waals surface area contributed by atoms with Crippen LogP contribution in [0.3, 0.4) is 0 Å². The monoisotopic (exact) mass is 219 g/mol. The van der Waals surface area contributed by atoms with Gasteiger partial charge in [0.05, 0.1) is 5.54 Å². The van der Waals surface area contributed by atoms with Crippen molar-refractivity contribution in [3.05, 3.63) is 34.9 Å². The molecule has 16 heavy (non-hydrogen) atoms. The normalized spacial score (nSPS) is 11.6. The summed E-state index contributed by atoms with van der Waals surface area (Å²) < 4.78 is 0. The molecule has 0 bridgehead atoms. The Morgan fingerprint density at radius 3 is 2.12 bits per heavy atom.